The summed E-state index contributed by atoms with van der Waals surface area (Å²) in [4.78, 5) is 0.323. The Kier molecular flexibility index (Phi) is 3.64. The number of nitrogens with two attached hydrogens (primary N) is 1. The maximum atomic E-state index is 12.3. The first-order valence-electron chi connectivity index (χ1n) is 7.34. The van der Waals surface area contributed by atoms with E-state index in [4.69, 9.17) is 5.73 Å². The second-order valence-corrected chi connectivity index (χ2v) is 8.04. The Morgan fingerprint density at radius 3 is 2.75 bits per heavy atom. The van der Waals surface area contributed by atoms with E-state index in [1.54, 1.807) is 16.8 Å². The van der Waals surface area contributed by atoms with E-state index >= 15 is 0 Å². The van der Waals surface area contributed by atoms with Crippen molar-refractivity contribution in [2.24, 2.45) is 30.5 Å². The number of sulfonamides is 1. The molecule has 3 N–H and O–H groups in total. The smallest absolute Gasteiger partial charge is 0.242 e. The fourth-order valence-electron chi connectivity index (χ4n) is 3.85. The van der Waals surface area contributed by atoms with E-state index in [2.05, 4.69) is 4.72 Å². The van der Waals surface area contributed by atoms with E-state index < -0.39 is 10.0 Å². The molecular formula is C14H23N3O2S. The lowest BCUT2D eigenvalue weighted by Crippen LogP contribution is -2.31. The van der Waals surface area contributed by atoms with Crippen LogP contribution >= 0.6 is 0 Å². The fourth-order valence-corrected chi connectivity index (χ4v) is 5.04. The minimum atomic E-state index is -3.40. The van der Waals surface area contributed by atoms with Crippen LogP contribution in [0.2, 0.25) is 0 Å². The summed E-state index contributed by atoms with van der Waals surface area (Å²) >= 11 is 0. The number of nitrogens with zero attached hydrogens (tertiary/aromatic N) is 1. The van der Waals surface area contributed by atoms with Crippen molar-refractivity contribution in [1.29, 1.82) is 0 Å². The third-order valence-electron chi connectivity index (χ3n) is 5.02. The average molecular weight is 297 g/mol. The summed E-state index contributed by atoms with van der Waals surface area (Å²) in [6.07, 6.45) is 6.74. The molecular weight excluding hydrogens is 274 g/mol. The molecule has 2 aliphatic carbocycles. The quantitative estimate of drug-likeness (QED) is 0.857. The summed E-state index contributed by atoms with van der Waals surface area (Å²) in [5, 5.41) is 0. The summed E-state index contributed by atoms with van der Waals surface area (Å²) in [5.74, 6) is 2.11. The van der Waals surface area contributed by atoms with Crippen molar-refractivity contribution in [2.75, 3.05) is 6.54 Å². The van der Waals surface area contributed by atoms with Crippen LogP contribution in [0.5, 0.6) is 0 Å². The number of hydrogen-bond donors (Lipinski definition) is 2. The lowest BCUT2D eigenvalue weighted by molar-refractivity contribution is 0.333. The van der Waals surface area contributed by atoms with Crippen molar-refractivity contribution in [2.45, 2.75) is 37.1 Å². The Hall–Kier alpha value is -0.850. The highest BCUT2D eigenvalue weighted by Gasteiger charge is 2.39. The molecule has 1 aromatic rings. The number of aromatic nitrogens is 1. The van der Waals surface area contributed by atoms with E-state index in [0.29, 0.717) is 23.9 Å². The van der Waals surface area contributed by atoms with E-state index in [9.17, 15) is 8.42 Å². The molecule has 3 atom stereocenters. The Bertz CT molecular complexity index is 594. The first-order valence-corrected chi connectivity index (χ1v) is 8.83. The number of fused-ring (bicyclic) bond motifs is 2. The molecule has 5 nitrogen and oxygen atoms in total. The third-order valence-corrected chi connectivity index (χ3v) is 6.41. The Labute approximate surface area is 120 Å². The van der Waals surface area contributed by atoms with Gasteiger partial charge in [0.25, 0.3) is 0 Å². The van der Waals surface area contributed by atoms with Gasteiger partial charge >= 0.3 is 0 Å². The van der Waals surface area contributed by atoms with E-state index in [0.717, 1.165) is 17.5 Å². The molecule has 2 bridgehead atoms. The Morgan fingerprint density at radius 1 is 1.40 bits per heavy atom. The van der Waals surface area contributed by atoms with Gasteiger partial charge in [0.2, 0.25) is 10.0 Å². The summed E-state index contributed by atoms with van der Waals surface area (Å²) in [5.41, 5.74) is 6.41. The topological polar surface area (TPSA) is 77.1 Å². The van der Waals surface area contributed by atoms with Crippen molar-refractivity contribution in [3.63, 3.8) is 0 Å². The molecule has 112 valence electrons. The number of hydrogen-bond acceptors (Lipinski definition) is 3. The zero-order chi connectivity index (χ0) is 14.3. The van der Waals surface area contributed by atoms with Crippen molar-refractivity contribution in [3.8, 4) is 0 Å². The van der Waals surface area contributed by atoms with Crippen LogP contribution in [0.15, 0.2) is 17.2 Å². The highest BCUT2D eigenvalue weighted by Crippen LogP contribution is 2.48. The molecule has 0 aromatic carbocycles. The van der Waals surface area contributed by atoms with Gasteiger partial charge in [0.15, 0.2) is 0 Å². The normalized spacial score (nSPS) is 29.2. The Balaban J connectivity index is 1.66. The molecule has 2 saturated carbocycles. The van der Waals surface area contributed by atoms with Crippen LogP contribution in [0.1, 0.15) is 31.4 Å². The van der Waals surface area contributed by atoms with Crippen LogP contribution in [0, 0.1) is 17.8 Å². The standard InChI is InChI=1S/C14H23N3O2S/c1-17-9-14(6-13(17)7-15)20(18,19)16-8-12-5-10-2-3-11(12)4-10/h6,9-12,16H,2-5,7-8,15H2,1H3. The van der Waals surface area contributed by atoms with Gasteiger partial charge in [0.05, 0.1) is 4.90 Å². The van der Waals surface area contributed by atoms with E-state index in [1.807, 2.05) is 7.05 Å². The molecule has 0 saturated heterocycles. The van der Waals surface area contributed by atoms with Gasteiger partial charge in [-0.05, 0) is 43.1 Å². The molecule has 0 radical (unpaired) electrons. The maximum Gasteiger partial charge on any atom is 0.242 e. The monoisotopic (exact) mass is 297 g/mol. The molecule has 0 amide bonds. The van der Waals surface area contributed by atoms with Crippen molar-refractivity contribution < 1.29 is 8.42 Å². The van der Waals surface area contributed by atoms with E-state index in [-0.39, 0.29) is 0 Å². The van der Waals surface area contributed by atoms with Gasteiger partial charge in [-0.2, -0.15) is 0 Å². The number of nitrogens with one attached hydrogen (secondary N) is 1. The van der Waals surface area contributed by atoms with Crippen LogP contribution in [-0.4, -0.2) is 19.5 Å². The molecule has 0 aliphatic heterocycles. The van der Waals surface area contributed by atoms with Gasteiger partial charge in [-0.15, -0.1) is 0 Å². The predicted octanol–water partition coefficient (Wildman–Crippen LogP) is 1.20. The van der Waals surface area contributed by atoms with Crippen LogP contribution in [0.3, 0.4) is 0 Å². The van der Waals surface area contributed by atoms with Crippen LogP contribution in [-0.2, 0) is 23.6 Å². The predicted molar refractivity (Wildman–Crippen MR) is 77.4 cm³/mol. The molecule has 1 aromatic heterocycles. The number of aryl methyl sites for hydroxylation is 1. The van der Waals surface area contributed by atoms with Crippen molar-refractivity contribution in [1.82, 2.24) is 9.29 Å². The molecule has 2 aliphatic rings. The molecule has 3 unspecified atom stereocenters. The SMILES string of the molecule is Cn1cc(S(=O)(=O)NCC2CC3CCC2C3)cc1CN. The fraction of sp³-hybridized carbons (Fsp3) is 0.714. The second kappa shape index (κ2) is 5.16. The summed E-state index contributed by atoms with van der Waals surface area (Å²) in [6, 6.07) is 1.66. The van der Waals surface area contributed by atoms with Gasteiger partial charge in [-0.1, -0.05) is 6.42 Å². The summed E-state index contributed by atoms with van der Waals surface area (Å²) < 4.78 is 29.2. The van der Waals surface area contributed by atoms with Gasteiger partial charge in [0.1, 0.15) is 0 Å². The zero-order valence-corrected chi connectivity index (χ0v) is 12.7. The third kappa shape index (κ3) is 2.52. The second-order valence-electron chi connectivity index (χ2n) is 6.27. The van der Waals surface area contributed by atoms with Crippen molar-refractivity contribution >= 4 is 10.0 Å². The average Bonchev–Trinajstić information content (AvgIpc) is 3.10. The zero-order valence-electron chi connectivity index (χ0n) is 11.9. The molecule has 20 heavy (non-hydrogen) atoms. The number of rotatable bonds is 5. The summed E-state index contributed by atoms with van der Waals surface area (Å²) in [7, 11) is -1.59. The Morgan fingerprint density at radius 2 is 2.20 bits per heavy atom. The highest BCUT2D eigenvalue weighted by atomic mass is 32.2. The van der Waals surface area contributed by atoms with Gasteiger partial charge in [-0.25, -0.2) is 13.1 Å². The molecule has 2 fully saturated rings. The minimum absolute atomic E-state index is 0.323. The first-order chi connectivity index (χ1) is 9.49. The van der Waals surface area contributed by atoms with Gasteiger partial charge in [0, 0.05) is 32.0 Å². The molecule has 0 spiro atoms. The first kappa shape index (κ1) is 14.1. The van der Waals surface area contributed by atoms with Gasteiger partial charge < -0.3 is 10.3 Å². The molecule has 6 heteroatoms. The van der Waals surface area contributed by atoms with Gasteiger partial charge in [-0.3, -0.25) is 0 Å². The maximum absolute atomic E-state index is 12.3. The lowest BCUT2D eigenvalue weighted by Gasteiger charge is -2.21. The van der Waals surface area contributed by atoms with Crippen LogP contribution < -0.4 is 10.5 Å². The van der Waals surface area contributed by atoms with E-state index in [1.165, 1.54) is 25.7 Å². The largest absolute Gasteiger partial charge is 0.352 e. The lowest BCUT2D eigenvalue weighted by atomic mass is 9.89. The van der Waals surface area contributed by atoms with Crippen LogP contribution in [0.25, 0.3) is 0 Å². The summed E-state index contributed by atoms with van der Waals surface area (Å²) in [6.45, 7) is 0.925. The molecule has 1 heterocycles. The highest BCUT2D eigenvalue weighted by molar-refractivity contribution is 7.89. The van der Waals surface area contributed by atoms with Crippen molar-refractivity contribution in [3.05, 3.63) is 18.0 Å². The minimum Gasteiger partial charge on any atom is -0.352 e. The van der Waals surface area contributed by atoms with Crippen LogP contribution in [0.4, 0.5) is 0 Å². The molecule has 3 rings (SSSR count).